The molecule has 0 amide bonds. The molecule has 0 saturated heterocycles. The first-order valence-corrected chi connectivity index (χ1v) is 19.0. The molecule has 0 spiro atoms. The number of fused-ring (bicyclic) bond motifs is 6. The predicted molar refractivity (Wildman–Crippen MR) is 226 cm³/mol. The molecule has 0 atom stereocenters. The monoisotopic (exact) mass is 685 g/mol. The highest BCUT2D eigenvalue weighted by Gasteiger charge is 2.39. The molecule has 260 valence electrons. The van der Waals surface area contributed by atoms with Crippen molar-refractivity contribution in [1.82, 2.24) is 0 Å². The van der Waals surface area contributed by atoms with Crippen LogP contribution in [0.2, 0.25) is 0 Å². The van der Waals surface area contributed by atoms with E-state index in [0.717, 1.165) is 11.4 Å². The van der Waals surface area contributed by atoms with E-state index in [-0.39, 0.29) is 16.2 Å². The van der Waals surface area contributed by atoms with Gasteiger partial charge in [-0.15, -0.1) is 0 Å². The number of para-hydroxylation sites is 2. The highest BCUT2D eigenvalue weighted by atomic mass is 15.1. The molecular formula is C52H47N. The van der Waals surface area contributed by atoms with Crippen LogP contribution < -0.4 is 4.90 Å². The lowest BCUT2D eigenvalue weighted by Gasteiger charge is -2.32. The highest BCUT2D eigenvalue weighted by Crippen LogP contribution is 2.55. The molecule has 0 bridgehead atoms. The van der Waals surface area contributed by atoms with Crippen molar-refractivity contribution in [2.75, 3.05) is 4.90 Å². The second-order valence-corrected chi connectivity index (χ2v) is 17.0. The van der Waals surface area contributed by atoms with E-state index < -0.39 is 0 Å². The van der Waals surface area contributed by atoms with Crippen molar-refractivity contribution in [3.8, 4) is 44.5 Å². The van der Waals surface area contributed by atoms with E-state index in [1.54, 1.807) is 0 Å². The average Bonchev–Trinajstić information content (AvgIpc) is 3.55. The molecular weight excluding hydrogens is 639 g/mol. The maximum atomic E-state index is 2.52. The van der Waals surface area contributed by atoms with Gasteiger partial charge in [0.15, 0.2) is 0 Å². The van der Waals surface area contributed by atoms with E-state index in [4.69, 9.17) is 0 Å². The van der Waals surface area contributed by atoms with Crippen LogP contribution in [0.15, 0.2) is 158 Å². The Hall–Kier alpha value is -5.66. The van der Waals surface area contributed by atoms with Gasteiger partial charge in [0.1, 0.15) is 0 Å². The number of hydrogen-bond donors (Lipinski definition) is 0. The summed E-state index contributed by atoms with van der Waals surface area (Å²) in [5.74, 6) is 0. The fourth-order valence-corrected chi connectivity index (χ4v) is 9.27. The lowest BCUT2D eigenvalue weighted by molar-refractivity contribution is 0.590. The Balaban J connectivity index is 1.30. The van der Waals surface area contributed by atoms with Crippen molar-refractivity contribution in [2.45, 2.75) is 64.7 Å². The van der Waals surface area contributed by atoms with Gasteiger partial charge in [-0.1, -0.05) is 182 Å². The fraction of sp³-hybridized carbons (Fsp3) is 0.192. The molecule has 0 heterocycles. The summed E-state index contributed by atoms with van der Waals surface area (Å²) in [7, 11) is 0. The van der Waals surface area contributed by atoms with Crippen molar-refractivity contribution in [3.05, 3.63) is 186 Å². The third-order valence-corrected chi connectivity index (χ3v) is 12.0. The van der Waals surface area contributed by atoms with E-state index in [9.17, 15) is 0 Å². The zero-order valence-electron chi connectivity index (χ0n) is 32.0. The van der Waals surface area contributed by atoms with Crippen LogP contribution >= 0.6 is 0 Å². The van der Waals surface area contributed by atoms with Gasteiger partial charge in [0.05, 0.1) is 11.4 Å². The zero-order chi connectivity index (χ0) is 36.7. The second-order valence-electron chi connectivity index (χ2n) is 17.0. The van der Waals surface area contributed by atoms with Gasteiger partial charge >= 0.3 is 0 Å². The normalized spacial score (nSPS) is 14.6. The zero-order valence-corrected chi connectivity index (χ0v) is 32.0. The summed E-state index contributed by atoms with van der Waals surface area (Å²) < 4.78 is 0. The number of rotatable bonds is 5. The number of benzene rings is 7. The van der Waals surface area contributed by atoms with Gasteiger partial charge in [-0.3, -0.25) is 0 Å². The molecule has 0 fully saturated rings. The molecule has 0 N–H and O–H groups in total. The molecule has 9 rings (SSSR count). The molecule has 1 heteroatoms. The first-order valence-electron chi connectivity index (χ1n) is 19.0. The van der Waals surface area contributed by atoms with Crippen LogP contribution in [0.4, 0.5) is 17.1 Å². The first-order chi connectivity index (χ1) is 25.5. The fourth-order valence-electron chi connectivity index (χ4n) is 9.27. The molecule has 2 aliphatic rings. The smallest absolute Gasteiger partial charge is 0.0540 e. The Morgan fingerprint density at radius 1 is 0.396 bits per heavy atom. The molecule has 0 unspecified atom stereocenters. The van der Waals surface area contributed by atoms with Crippen molar-refractivity contribution >= 4 is 17.1 Å². The van der Waals surface area contributed by atoms with E-state index in [2.05, 4.69) is 211 Å². The number of nitrogens with zero attached hydrogens (tertiary/aromatic N) is 1. The Morgan fingerprint density at radius 3 is 1.51 bits per heavy atom. The topological polar surface area (TPSA) is 3.24 Å². The predicted octanol–water partition coefficient (Wildman–Crippen LogP) is 14.4. The molecule has 0 aliphatic heterocycles. The summed E-state index contributed by atoms with van der Waals surface area (Å²) in [4.78, 5) is 2.52. The SMILES string of the molecule is CC(C)(C)c1ccc(-c2ccccc2N(c2ccc3c(c2)C(C)(C)c2ccccc2-3)c2ccccc2-c2cccc3c2C(C)(C)c2ccccc2-3)cc1. The quantitative estimate of drug-likeness (QED) is 0.174. The summed E-state index contributed by atoms with van der Waals surface area (Å²) in [6.45, 7) is 16.4. The summed E-state index contributed by atoms with van der Waals surface area (Å²) >= 11 is 0. The lowest BCUT2D eigenvalue weighted by Crippen LogP contribution is -2.18. The summed E-state index contributed by atoms with van der Waals surface area (Å²) in [6.07, 6.45) is 0. The molecule has 7 aromatic carbocycles. The van der Waals surface area contributed by atoms with Gasteiger partial charge in [-0.25, -0.2) is 0 Å². The van der Waals surface area contributed by atoms with Crippen LogP contribution in [0.3, 0.4) is 0 Å². The highest BCUT2D eigenvalue weighted by molar-refractivity contribution is 5.97. The van der Waals surface area contributed by atoms with Gasteiger partial charge in [-0.05, 0) is 90.9 Å². The van der Waals surface area contributed by atoms with Gasteiger partial charge in [0, 0.05) is 27.6 Å². The molecule has 1 nitrogen and oxygen atoms in total. The van der Waals surface area contributed by atoms with Gasteiger partial charge in [0.25, 0.3) is 0 Å². The lowest BCUT2D eigenvalue weighted by atomic mass is 9.78. The van der Waals surface area contributed by atoms with Gasteiger partial charge < -0.3 is 4.90 Å². The van der Waals surface area contributed by atoms with Crippen LogP contribution in [0.25, 0.3) is 44.5 Å². The summed E-state index contributed by atoms with van der Waals surface area (Å²) in [5, 5.41) is 0. The minimum Gasteiger partial charge on any atom is -0.309 e. The maximum Gasteiger partial charge on any atom is 0.0540 e. The van der Waals surface area contributed by atoms with Crippen LogP contribution in [0.1, 0.15) is 76.3 Å². The first kappa shape index (κ1) is 33.2. The summed E-state index contributed by atoms with van der Waals surface area (Å²) in [5.41, 5.74) is 20.4. The van der Waals surface area contributed by atoms with Crippen LogP contribution in [0.5, 0.6) is 0 Å². The second kappa shape index (κ2) is 11.9. The number of anilines is 3. The number of hydrogen-bond acceptors (Lipinski definition) is 1. The Morgan fingerprint density at radius 2 is 0.868 bits per heavy atom. The van der Waals surface area contributed by atoms with Crippen molar-refractivity contribution in [3.63, 3.8) is 0 Å². The molecule has 7 aromatic rings. The molecule has 2 aliphatic carbocycles. The van der Waals surface area contributed by atoms with Crippen LogP contribution in [-0.4, -0.2) is 0 Å². The van der Waals surface area contributed by atoms with Crippen LogP contribution in [0, 0.1) is 0 Å². The van der Waals surface area contributed by atoms with E-state index >= 15 is 0 Å². The van der Waals surface area contributed by atoms with E-state index in [1.807, 2.05) is 0 Å². The maximum absolute atomic E-state index is 2.52. The molecule has 53 heavy (non-hydrogen) atoms. The average molecular weight is 686 g/mol. The van der Waals surface area contributed by atoms with Crippen LogP contribution in [-0.2, 0) is 16.2 Å². The van der Waals surface area contributed by atoms with Crippen molar-refractivity contribution < 1.29 is 0 Å². The minimum absolute atomic E-state index is 0.0845. The van der Waals surface area contributed by atoms with Crippen molar-refractivity contribution in [1.29, 1.82) is 0 Å². The van der Waals surface area contributed by atoms with E-state index in [0.29, 0.717) is 0 Å². The Bertz CT molecular complexity index is 2540. The molecule has 0 radical (unpaired) electrons. The van der Waals surface area contributed by atoms with Crippen molar-refractivity contribution in [2.24, 2.45) is 0 Å². The Kier molecular flexibility index (Phi) is 7.48. The van der Waals surface area contributed by atoms with Gasteiger partial charge in [0.2, 0.25) is 0 Å². The summed E-state index contributed by atoms with van der Waals surface area (Å²) in [6, 6.07) is 59.1. The third kappa shape index (κ3) is 5.12. The Labute approximate surface area is 315 Å². The largest absolute Gasteiger partial charge is 0.309 e. The standard InChI is InChI=1S/C52H47N/c1-50(2,3)35-29-27-34(28-30-35)37-17-10-14-25-47(37)53(36-31-32-40-38-18-8-12-23-44(38)51(4,5)46(40)33-36)48-26-15-11-20-41(48)43-22-16-21-42-39-19-9-13-24-45(39)52(6,7)49(42)43/h8-33H,1-7H3. The van der Waals surface area contributed by atoms with E-state index in [1.165, 1.54) is 78.0 Å². The van der Waals surface area contributed by atoms with Gasteiger partial charge in [-0.2, -0.15) is 0 Å². The third-order valence-electron chi connectivity index (χ3n) is 12.0. The molecule has 0 aromatic heterocycles. The molecule has 0 saturated carbocycles. The minimum atomic E-state index is -0.142.